The normalized spacial score (nSPS) is 18.0. The van der Waals surface area contributed by atoms with Crippen LogP contribution in [0.3, 0.4) is 0 Å². The average molecular weight is 285 g/mol. The molecule has 1 heterocycles. The molecule has 0 unspecified atom stereocenters. The van der Waals surface area contributed by atoms with Crippen molar-refractivity contribution in [3.05, 3.63) is 34.3 Å². The summed E-state index contributed by atoms with van der Waals surface area (Å²) in [5.74, 6) is 3.10. The van der Waals surface area contributed by atoms with Gasteiger partial charge in [0, 0.05) is 10.4 Å². The lowest BCUT2D eigenvalue weighted by atomic mass is 9.83. The molecule has 100 valence electrons. The third kappa shape index (κ3) is 3.04. The fraction of sp³-hybridized carbons (Fsp3) is 0.600. The maximum Gasteiger partial charge on any atom is 0.0522 e. The summed E-state index contributed by atoms with van der Waals surface area (Å²) in [4.78, 5) is 0. The Morgan fingerprint density at radius 3 is 2.56 bits per heavy atom. The van der Waals surface area contributed by atoms with Gasteiger partial charge in [-0.3, -0.25) is 0 Å². The number of halogens is 1. The molecule has 1 aliphatic rings. The van der Waals surface area contributed by atoms with Crippen LogP contribution < -0.4 is 0 Å². The van der Waals surface area contributed by atoms with Gasteiger partial charge in [-0.25, -0.2) is 0 Å². The van der Waals surface area contributed by atoms with E-state index in [4.69, 9.17) is 11.6 Å². The summed E-state index contributed by atoms with van der Waals surface area (Å²) in [6.07, 6.45) is 2.46. The zero-order chi connectivity index (χ0) is 13.2. The van der Waals surface area contributed by atoms with Crippen molar-refractivity contribution in [3.8, 4) is 0 Å². The summed E-state index contributed by atoms with van der Waals surface area (Å²) in [6, 6.07) is 6.32. The Hall–Kier alpha value is -0.180. The average Bonchev–Trinajstić information content (AvgIpc) is 2.39. The molecule has 1 aromatic rings. The van der Waals surface area contributed by atoms with Gasteiger partial charge in [0.15, 0.2) is 0 Å². The predicted octanol–water partition coefficient (Wildman–Crippen LogP) is 4.22. The lowest BCUT2D eigenvalue weighted by Gasteiger charge is -2.26. The van der Waals surface area contributed by atoms with E-state index in [1.165, 1.54) is 29.9 Å². The Morgan fingerprint density at radius 2 is 2.00 bits per heavy atom. The molecular formula is C15H21ClOS. The van der Waals surface area contributed by atoms with Gasteiger partial charge in [0.25, 0.3) is 0 Å². The van der Waals surface area contributed by atoms with E-state index in [2.05, 4.69) is 12.1 Å². The SMILES string of the molecule is CC(C)(CO)c1ccc(C2CCSCC2)c(Cl)c1. The number of benzene rings is 1. The molecule has 0 aromatic heterocycles. The van der Waals surface area contributed by atoms with Crippen LogP contribution in [0.1, 0.15) is 43.7 Å². The smallest absolute Gasteiger partial charge is 0.0522 e. The van der Waals surface area contributed by atoms with Crippen LogP contribution in [0, 0.1) is 0 Å². The molecule has 1 saturated heterocycles. The van der Waals surface area contributed by atoms with Crippen molar-refractivity contribution in [2.45, 2.75) is 38.0 Å². The lowest BCUT2D eigenvalue weighted by molar-refractivity contribution is 0.218. The maximum atomic E-state index is 9.41. The molecule has 1 nitrogen and oxygen atoms in total. The van der Waals surface area contributed by atoms with Crippen molar-refractivity contribution < 1.29 is 5.11 Å². The van der Waals surface area contributed by atoms with E-state index in [0.29, 0.717) is 5.92 Å². The molecule has 1 fully saturated rings. The Kier molecular flexibility index (Phi) is 4.63. The quantitative estimate of drug-likeness (QED) is 0.897. The van der Waals surface area contributed by atoms with E-state index in [-0.39, 0.29) is 12.0 Å². The maximum absolute atomic E-state index is 9.41. The molecule has 3 heteroatoms. The molecule has 1 N–H and O–H groups in total. The van der Waals surface area contributed by atoms with Crippen LogP contribution in [0.4, 0.5) is 0 Å². The molecule has 0 bridgehead atoms. The third-order valence-corrected chi connectivity index (χ3v) is 5.21. The van der Waals surface area contributed by atoms with Gasteiger partial charge in [-0.1, -0.05) is 37.6 Å². The highest BCUT2D eigenvalue weighted by Crippen LogP contribution is 2.37. The van der Waals surface area contributed by atoms with Gasteiger partial charge in [0.05, 0.1) is 6.61 Å². The number of hydrogen-bond acceptors (Lipinski definition) is 2. The lowest BCUT2D eigenvalue weighted by Crippen LogP contribution is -2.22. The largest absolute Gasteiger partial charge is 0.395 e. The first-order valence-electron chi connectivity index (χ1n) is 6.53. The minimum Gasteiger partial charge on any atom is -0.395 e. The fourth-order valence-corrected chi connectivity index (χ4v) is 3.82. The zero-order valence-corrected chi connectivity index (χ0v) is 12.7. The van der Waals surface area contributed by atoms with Gasteiger partial charge in [0.1, 0.15) is 0 Å². The first-order chi connectivity index (χ1) is 8.54. The molecular weight excluding hydrogens is 264 g/mol. The number of rotatable bonds is 3. The minimum atomic E-state index is -0.218. The molecule has 2 rings (SSSR count). The topological polar surface area (TPSA) is 20.2 Å². The summed E-state index contributed by atoms with van der Waals surface area (Å²) in [5.41, 5.74) is 2.18. The fourth-order valence-electron chi connectivity index (χ4n) is 2.38. The van der Waals surface area contributed by atoms with Gasteiger partial charge in [-0.15, -0.1) is 0 Å². The summed E-state index contributed by atoms with van der Waals surface area (Å²) >= 11 is 8.47. The van der Waals surface area contributed by atoms with Gasteiger partial charge in [-0.2, -0.15) is 11.8 Å². The molecule has 1 aromatic carbocycles. The van der Waals surface area contributed by atoms with Gasteiger partial charge in [-0.05, 0) is 47.5 Å². The highest BCUT2D eigenvalue weighted by atomic mass is 35.5. The highest BCUT2D eigenvalue weighted by Gasteiger charge is 2.23. The molecule has 0 amide bonds. The van der Waals surface area contributed by atoms with Crippen LogP contribution >= 0.6 is 23.4 Å². The van der Waals surface area contributed by atoms with E-state index >= 15 is 0 Å². The molecule has 0 spiro atoms. The van der Waals surface area contributed by atoms with Crippen molar-refractivity contribution in [1.82, 2.24) is 0 Å². The first-order valence-corrected chi connectivity index (χ1v) is 8.06. The Morgan fingerprint density at radius 1 is 1.33 bits per heavy atom. The van der Waals surface area contributed by atoms with E-state index in [1.54, 1.807) is 0 Å². The minimum absolute atomic E-state index is 0.142. The van der Waals surface area contributed by atoms with E-state index in [1.807, 2.05) is 31.7 Å². The number of thioether (sulfide) groups is 1. The molecule has 0 saturated carbocycles. The van der Waals surface area contributed by atoms with Crippen molar-refractivity contribution >= 4 is 23.4 Å². The molecule has 1 aliphatic heterocycles. The number of aliphatic hydroxyl groups is 1. The molecule has 0 radical (unpaired) electrons. The second-order valence-corrected chi connectivity index (χ2v) is 7.30. The van der Waals surface area contributed by atoms with E-state index in [0.717, 1.165) is 10.6 Å². The molecule has 0 atom stereocenters. The monoisotopic (exact) mass is 284 g/mol. The second-order valence-electron chi connectivity index (χ2n) is 5.66. The predicted molar refractivity (Wildman–Crippen MR) is 80.9 cm³/mol. The van der Waals surface area contributed by atoms with Crippen molar-refractivity contribution in [2.75, 3.05) is 18.1 Å². The molecule has 0 aliphatic carbocycles. The Bertz CT molecular complexity index is 411. The van der Waals surface area contributed by atoms with Crippen LogP contribution in [0.2, 0.25) is 5.02 Å². The van der Waals surface area contributed by atoms with Crippen LogP contribution in [0.5, 0.6) is 0 Å². The van der Waals surface area contributed by atoms with Crippen LogP contribution in [-0.4, -0.2) is 23.2 Å². The van der Waals surface area contributed by atoms with Gasteiger partial charge < -0.3 is 5.11 Å². The van der Waals surface area contributed by atoms with Crippen LogP contribution in [-0.2, 0) is 5.41 Å². The summed E-state index contributed by atoms with van der Waals surface area (Å²) < 4.78 is 0. The zero-order valence-electron chi connectivity index (χ0n) is 11.1. The summed E-state index contributed by atoms with van der Waals surface area (Å²) in [6.45, 7) is 4.22. The van der Waals surface area contributed by atoms with E-state index in [9.17, 15) is 5.11 Å². The van der Waals surface area contributed by atoms with E-state index < -0.39 is 0 Å². The van der Waals surface area contributed by atoms with Gasteiger partial charge >= 0.3 is 0 Å². The van der Waals surface area contributed by atoms with Crippen molar-refractivity contribution in [1.29, 1.82) is 0 Å². The standard InChI is InChI=1S/C15H21ClOS/c1-15(2,10-17)12-3-4-13(14(16)9-12)11-5-7-18-8-6-11/h3-4,9,11,17H,5-8,10H2,1-2H3. The summed E-state index contributed by atoms with van der Waals surface area (Å²) in [7, 11) is 0. The first kappa shape index (κ1) is 14.2. The number of hydrogen-bond donors (Lipinski definition) is 1. The molecule has 18 heavy (non-hydrogen) atoms. The second kappa shape index (κ2) is 5.85. The van der Waals surface area contributed by atoms with Crippen molar-refractivity contribution in [3.63, 3.8) is 0 Å². The third-order valence-electron chi connectivity index (χ3n) is 3.84. The van der Waals surface area contributed by atoms with Crippen LogP contribution in [0.25, 0.3) is 0 Å². The van der Waals surface area contributed by atoms with Crippen LogP contribution in [0.15, 0.2) is 18.2 Å². The summed E-state index contributed by atoms with van der Waals surface area (Å²) in [5, 5.41) is 10.3. The highest BCUT2D eigenvalue weighted by molar-refractivity contribution is 7.99. The number of aliphatic hydroxyl groups excluding tert-OH is 1. The Labute approximate surface area is 119 Å². The van der Waals surface area contributed by atoms with Gasteiger partial charge in [0.2, 0.25) is 0 Å². The van der Waals surface area contributed by atoms with Crippen molar-refractivity contribution in [2.24, 2.45) is 0 Å². The Balaban J connectivity index is 2.24.